The molecule has 0 fully saturated rings. The Bertz CT molecular complexity index is 832. The number of halogens is 1. The van der Waals surface area contributed by atoms with Gasteiger partial charge in [-0.3, -0.25) is 4.79 Å². The largest absolute Gasteiger partial charge is 0.336 e. The molecule has 24 heavy (non-hydrogen) atoms. The maximum Gasteiger partial charge on any atom is 0.276 e. The molecule has 0 N–H and O–H groups in total. The Hall–Kier alpha value is -3.02. The highest BCUT2D eigenvalue weighted by Gasteiger charge is 2.16. The summed E-state index contributed by atoms with van der Waals surface area (Å²) in [6.07, 6.45) is 1.62. The first-order valence-electron chi connectivity index (χ1n) is 7.56. The van der Waals surface area contributed by atoms with E-state index in [1.807, 2.05) is 30.3 Å². The van der Waals surface area contributed by atoms with Crippen LogP contribution >= 0.6 is 0 Å². The predicted molar refractivity (Wildman–Crippen MR) is 87.8 cm³/mol. The lowest BCUT2D eigenvalue weighted by molar-refractivity contribution is 0.0779. The molecule has 5 nitrogen and oxygen atoms in total. The fraction of sp³-hybridized carbons (Fsp3) is 0.167. The Morgan fingerprint density at radius 2 is 1.88 bits per heavy atom. The molecule has 0 aliphatic rings. The third-order valence-electron chi connectivity index (χ3n) is 3.60. The number of aromatic nitrogens is 3. The summed E-state index contributed by atoms with van der Waals surface area (Å²) in [7, 11) is 1.66. The van der Waals surface area contributed by atoms with E-state index in [4.69, 9.17) is 0 Å². The number of nitrogens with zero attached hydrogens (tertiary/aromatic N) is 4. The van der Waals surface area contributed by atoms with E-state index in [9.17, 15) is 9.18 Å². The van der Waals surface area contributed by atoms with Crippen LogP contribution in [-0.2, 0) is 13.1 Å². The summed E-state index contributed by atoms with van der Waals surface area (Å²) in [5, 5.41) is 7.94. The van der Waals surface area contributed by atoms with Crippen molar-refractivity contribution in [3.05, 3.63) is 83.4 Å². The van der Waals surface area contributed by atoms with Gasteiger partial charge in [0.25, 0.3) is 5.91 Å². The Balaban J connectivity index is 1.66. The van der Waals surface area contributed by atoms with Gasteiger partial charge in [-0.1, -0.05) is 47.7 Å². The van der Waals surface area contributed by atoms with Gasteiger partial charge in [0.05, 0.1) is 12.7 Å². The Morgan fingerprint density at radius 1 is 1.12 bits per heavy atom. The zero-order valence-corrected chi connectivity index (χ0v) is 13.3. The maximum absolute atomic E-state index is 13.2. The quantitative estimate of drug-likeness (QED) is 0.725. The van der Waals surface area contributed by atoms with Crippen LogP contribution < -0.4 is 0 Å². The van der Waals surface area contributed by atoms with Crippen molar-refractivity contribution >= 4 is 5.91 Å². The normalized spacial score (nSPS) is 10.6. The van der Waals surface area contributed by atoms with Crippen LogP contribution in [0.5, 0.6) is 0 Å². The van der Waals surface area contributed by atoms with Crippen LogP contribution in [0.15, 0.2) is 60.8 Å². The monoisotopic (exact) mass is 324 g/mol. The molecule has 1 amide bonds. The van der Waals surface area contributed by atoms with Crippen LogP contribution in [0.4, 0.5) is 4.39 Å². The van der Waals surface area contributed by atoms with Gasteiger partial charge >= 0.3 is 0 Å². The van der Waals surface area contributed by atoms with Gasteiger partial charge in [0.1, 0.15) is 5.82 Å². The van der Waals surface area contributed by atoms with Gasteiger partial charge in [-0.25, -0.2) is 9.07 Å². The molecule has 0 saturated carbocycles. The van der Waals surface area contributed by atoms with Crippen molar-refractivity contribution in [1.82, 2.24) is 19.9 Å². The molecule has 3 aromatic rings. The van der Waals surface area contributed by atoms with Gasteiger partial charge in [0, 0.05) is 13.6 Å². The SMILES string of the molecule is CN(Cc1cccc(F)c1)C(=O)c1cn(Cc2ccccc2)nn1. The van der Waals surface area contributed by atoms with Crippen molar-refractivity contribution in [2.75, 3.05) is 7.05 Å². The van der Waals surface area contributed by atoms with Crippen molar-refractivity contribution < 1.29 is 9.18 Å². The smallest absolute Gasteiger partial charge is 0.276 e. The topological polar surface area (TPSA) is 51.0 Å². The summed E-state index contributed by atoms with van der Waals surface area (Å²) in [5.41, 5.74) is 2.07. The molecule has 0 aliphatic heterocycles. The summed E-state index contributed by atoms with van der Waals surface area (Å²) in [5.74, 6) is -0.569. The molecule has 0 bridgehead atoms. The van der Waals surface area contributed by atoms with Crippen molar-refractivity contribution in [3.8, 4) is 0 Å². The summed E-state index contributed by atoms with van der Waals surface area (Å²) < 4.78 is 14.8. The van der Waals surface area contributed by atoms with Gasteiger partial charge in [-0.15, -0.1) is 5.10 Å². The fourth-order valence-electron chi connectivity index (χ4n) is 2.42. The fourth-order valence-corrected chi connectivity index (χ4v) is 2.42. The van der Waals surface area contributed by atoms with Gasteiger partial charge in [0.15, 0.2) is 5.69 Å². The van der Waals surface area contributed by atoms with E-state index in [0.29, 0.717) is 13.1 Å². The number of hydrogen-bond donors (Lipinski definition) is 0. The number of rotatable bonds is 5. The molecule has 0 radical (unpaired) electrons. The third-order valence-corrected chi connectivity index (χ3v) is 3.60. The van der Waals surface area contributed by atoms with Crippen molar-refractivity contribution in [2.24, 2.45) is 0 Å². The van der Waals surface area contributed by atoms with E-state index in [1.165, 1.54) is 17.0 Å². The molecular formula is C18H17FN4O. The Morgan fingerprint density at radius 3 is 2.62 bits per heavy atom. The number of amides is 1. The van der Waals surface area contributed by atoms with Gasteiger partial charge in [-0.05, 0) is 23.3 Å². The van der Waals surface area contributed by atoms with Crippen LogP contribution in [0.25, 0.3) is 0 Å². The van der Waals surface area contributed by atoms with E-state index < -0.39 is 0 Å². The summed E-state index contributed by atoms with van der Waals surface area (Å²) in [4.78, 5) is 13.9. The molecular weight excluding hydrogens is 307 g/mol. The second-order valence-electron chi connectivity index (χ2n) is 5.58. The molecule has 0 saturated heterocycles. The second-order valence-corrected chi connectivity index (χ2v) is 5.58. The third kappa shape index (κ3) is 3.84. The highest BCUT2D eigenvalue weighted by Crippen LogP contribution is 2.09. The summed E-state index contributed by atoms with van der Waals surface area (Å²) in [6, 6.07) is 16.0. The zero-order valence-electron chi connectivity index (χ0n) is 13.3. The molecule has 0 spiro atoms. The van der Waals surface area contributed by atoms with Crippen molar-refractivity contribution in [1.29, 1.82) is 0 Å². The average molecular weight is 324 g/mol. The standard InChI is InChI=1S/C18H17FN4O/c1-22(11-15-8-5-9-16(19)10-15)18(24)17-13-23(21-20-17)12-14-6-3-2-4-7-14/h2-10,13H,11-12H2,1H3. The highest BCUT2D eigenvalue weighted by atomic mass is 19.1. The Labute approximate surface area is 139 Å². The van der Waals surface area contributed by atoms with Gasteiger partial charge in [0.2, 0.25) is 0 Å². The minimum atomic E-state index is -0.317. The number of carbonyl (C=O) groups is 1. The van der Waals surface area contributed by atoms with Crippen LogP contribution in [-0.4, -0.2) is 32.8 Å². The molecule has 122 valence electrons. The number of benzene rings is 2. The number of carbonyl (C=O) groups excluding carboxylic acids is 1. The maximum atomic E-state index is 13.2. The highest BCUT2D eigenvalue weighted by molar-refractivity contribution is 5.91. The van der Waals surface area contributed by atoms with E-state index in [2.05, 4.69) is 10.3 Å². The minimum Gasteiger partial charge on any atom is -0.336 e. The molecule has 0 unspecified atom stereocenters. The minimum absolute atomic E-state index is 0.251. The van der Waals surface area contributed by atoms with Crippen molar-refractivity contribution in [3.63, 3.8) is 0 Å². The molecule has 3 rings (SSSR count). The molecule has 1 heterocycles. The van der Waals surface area contributed by atoms with Crippen LogP contribution in [0.3, 0.4) is 0 Å². The zero-order chi connectivity index (χ0) is 16.9. The van der Waals surface area contributed by atoms with E-state index in [0.717, 1.165) is 11.1 Å². The molecule has 6 heteroatoms. The molecule has 0 atom stereocenters. The van der Waals surface area contributed by atoms with Gasteiger partial charge in [-0.2, -0.15) is 0 Å². The van der Waals surface area contributed by atoms with E-state index >= 15 is 0 Å². The first kappa shape index (κ1) is 15.9. The van der Waals surface area contributed by atoms with Crippen LogP contribution in [0.2, 0.25) is 0 Å². The molecule has 2 aromatic carbocycles. The lowest BCUT2D eigenvalue weighted by atomic mass is 10.2. The first-order valence-corrected chi connectivity index (χ1v) is 7.56. The number of hydrogen-bond acceptors (Lipinski definition) is 3. The predicted octanol–water partition coefficient (Wildman–Crippen LogP) is 2.74. The lowest BCUT2D eigenvalue weighted by Gasteiger charge is -2.15. The van der Waals surface area contributed by atoms with E-state index in [1.54, 1.807) is 30.1 Å². The molecule has 1 aromatic heterocycles. The van der Waals surface area contributed by atoms with Crippen LogP contribution in [0.1, 0.15) is 21.6 Å². The van der Waals surface area contributed by atoms with Crippen LogP contribution in [0, 0.1) is 5.82 Å². The second kappa shape index (κ2) is 7.04. The summed E-state index contributed by atoms with van der Waals surface area (Å²) in [6.45, 7) is 0.858. The average Bonchev–Trinajstić information content (AvgIpc) is 3.03. The van der Waals surface area contributed by atoms with E-state index in [-0.39, 0.29) is 17.4 Å². The summed E-state index contributed by atoms with van der Waals surface area (Å²) >= 11 is 0. The Kier molecular flexibility index (Phi) is 4.65. The van der Waals surface area contributed by atoms with Gasteiger partial charge < -0.3 is 4.90 Å². The molecule has 0 aliphatic carbocycles. The first-order chi connectivity index (χ1) is 11.6. The van der Waals surface area contributed by atoms with Crippen molar-refractivity contribution in [2.45, 2.75) is 13.1 Å². The lowest BCUT2D eigenvalue weighted by Crippen LogP contribution is -2.26.